The number of benzene rings is 1. The molecule has 2 heterocycles. The maximum absolute atomic E-state index is 12.5. The Bertz CT molecular complexity index is 1070. The first kappa shape index (κ1) is 18.2. The molecule has 1 amide bonds. The summed E-state index contributed by atoms with van der Waals surface area (Å²) in [6, 6.07) is 7.50. The van der Waals surface area contributed by atoms with E-state index in [1.807, 2.05) is 24.3 Å². The van der Waals surface area contributed by atoms with E-state index in [1.54, 1.807) is 23.3 Å². The van der Waals surface area contributed by atoms with Crippen molar-refractivity contribution >= 4 is 39.1 Å². The van der Waals surface area contributed by atoms with Gasteiger partial charge in [-0.3, -0.25) is 9.59 Å². The van der Waals surface area contributed by atoms with Gasteiger partial charge in [0.15, 0.2) is 0 Å². The number of amides is 1. The molecule has 2 aromatic heterocycles. The van der Waals surface area contributed by atoms with E-state index in [0.29, 0.717) is 30.2 Å². The summed E-state index contributed by atoms with van der Waals surface area (Å²) in [6.07, 6.45) is 3.83. The minimum Gasteiger partial charge on any atom is -0.341 e. The number of halogens is 1. The normalized spacial score (nSPS) is 13.1. The van der Waals surface area contributed by atoms with Gasteiger partial charge in [0, 0.05) is 36.3 Å². The Morgan fingerprint density at radius 1 is 1.33 bits per heavy atom. The topological polar surface area (TPSA) is 66.1 Å². The summed E-state index contributed by atoms with van der Waals surface area (Å²) in [4.78, 5) is 36.1. The highest BCUT2D eigenvalue weighted by atomic mass is 35.5. The molecule has 1 aliphatic rings. The highest BCUT2D eigenvalue weighted by molar-refractivity contribution is 7.18. The van der Waals surface area contributed by atoms with E-state index in [2.05, 4.69) is 9.97 Å². The van der Waals surface area contributed by atoms with Gasteiger partial charge in [0.05, 0.1) is 5.39 Å². The minimum absolute atomic E-state index is 0.00802. The van der Waals surface area contributed by atoms with Crippen LogP contribution in [0.4, 0.5) is 0 Å². The lowest BCUT2D eigenvalue weighted by Crippen LogP contribution is -2.27. The van der Waals surface area contributed by atoms with Crippen molar-refractivity contribution in [1.29, 1.82) is 0 Å². The highest BCUT2D eigenvalue weighted by Crippen LogP contribution is 2.34. The number of nitrogens with zero attached hydrogens (tertiary/aromatic N) is 2. The summed E-state index contributed by atoms with van der Waals surface area (Å²) in [6.45, 7) is 0.457. The van der Waals surface area contributed by atoms with Crippen LogP contribution in [0.3, 0.4) is 0 Å². The van der Waals surface area contributed by atoms with Crippen molar-refractivity contribution in [1.82, 2.24) is 14.9 Å². The zero-order chi connectivity index (χ0) is 19.0. The average molecular weight is 402 g/mol. The van der Waals surface area contributed by atoms with E-state index in [4.69, 9.17) is 11.6 Å². The molecule has 3 aromatic rings. The fourth-order valence-corrected chi connectivity index (χ4v) is 5.03. The third-order valence-corrected chi connectivity index (χ3v) is 6.55. The van der Waals surface area contributed by atoms with E-state index in [1.165, 1.54) is 10.4 Å². The van der Waals surface area contributed by atoms with E-state index in [0.717, 1.165) is 35.0 Å². The van der Waals surface area contributed by atoms with Gasteiger partial charge in [-0.2, -0.15) is 0 Å². The molecule has 4 rings (SSSR count). The molecule has 1 aromatic carbocycles. The summed E-state index contributed by atoms with van der Waals surface area (Å²) >= 11 is 7.78. The number of hydrogen-bond donors (Lipinski definition) is 1. The molecule has 1 aliphatic carbocycles. The molecule has 0 saturated heterocycles. The van der Waals surface area contributed by atoms with Crippen molar-refractivity contribution in [2.24, 2.45) is 0 Å². The molecule has 0 aliphatic heterocycles. The number of aromatic nitrogens is 2. The zero-order valence-electron chi connectivity index (χ0n) is 15.0. The Morgan fingerprint density at radius 3 is 2.96 bits per heavy atom. The molecule has 0 radical (unpaired) electrons. The standard InChI is InChI=1S/C20H20ClN3O2S/c1-24(11-12-5-2-3-7-14(12)21)17(25)10-9-16-22-19(26)18-13-6-4-8-15(13)27-20(18)23-16/h2-3,5,7H,4,6,8-11H2,1H3,(H,22,23,26). The summed E-state index contributed by atoms with van der Waals surface area (Å²) in [7, 11) is 1.76. The first-order chi connectivity index (χ1) is 13.0. The number of rotatable bonds is 5. The predicted octanol–water partition coefficient (Wildman–Crippen LogP) is 3.72. The molecular formula is C20H20ClN3O2S. The molecule has 1 N–H and O–H groups in total. The van der Waals surface area contributed by atoms with Crippen molar-refractivity contribution in [3.63, 3.8) is 0 Å². The molecule has 0 spiro atoms. The van der Waals surface area contributed by atoms with E-state index in [-0.39, 0.29) is 11.5 Å². The fraction of sp³-hybridized carbons (Fsp3) is 0.350. The smallest absolute Gasteiger partial charge is 0.259 e. The average Bonchev–Trinajstić information content (AvgIpc) is 3.22. The van der Waals surface area contributed by atoms with E-state index >= 15 is 0 Å². The highest BCUT2D eigenvalue weighted by Gasteiger charge is 2.21. The van der Waals surface area contributed by atoms with Crippen LogP contribution >= 0.6 is 22.9 Å². The second-order valence-electron chi connectivity index (χ2n) is 6.89. The van der Waals surface area contributed by atoms with Gasteiger partial charge in [-0.25, -0.2) is 4.98 Å². The first-order valence-corrected chi connectivity index (χ1v) is 10.2. The summed E-state index contributed by atoms with van der Waals surface area (Å²) in [5, 5.41) is 1.40. The van der Waals surface area contributed by atoms with Gasteiger partial charge in [-0.05, 0) is 36.5 Å². The molecule has 140 valence electrons. The number of thiophene rings is 1. The summed E-state index contributed by atoms with van der Waals surface area (Å²) in [5.74, 6) is 0.568. The lowest BCUT2D eigenvalue weighted by molar-refractivity contribution is -0.130. The summed E-state index contributed by atoms with van der Waals surface area (Å²) < 4.78 is 0. The lowest BCUT2D eigenvalue weighted by Gasteiger charge is -2.18. The van der Waals surface area contributed by atoms with Crippen molar-refractivity contribution < 1.29 is 4.79 Å². The van der Waals surface area contributed by atoms with Gasteiger partial charge < -0.3 is 9.88 Å². The van der Waals surface area contributed by atoms with Crippen LogP contribution in [0.5, 0.6) is 0 Å². The van der Waals surface area contributed by atoms with Crippen LogP contribution in [-0.4, -0.2) is 27.8 Å². The Hall–Kier alpha value is -2.18. The van der Waals surface area contributed by atoms with Crippen LogP contribution in [0.2, 0.25) is 5.02 Å². The number of aromatic amines is 1. The van der Waals surface area contributed by atoms with Crippen LogP contribution in [0, 0.1) is 0 Å². The lowest BCUT2D eigenvalue weighted by atomic mass is 10.2. The van der Waals surface area contributed by atoms with Crippen molar-refractivity contribution in [3.05, 3.63) is 61.5 Å². The Labute approximate surface area is 166 Å². The number of carbonyl (C=O) groups is 1. The number of carbonyl (C=O) groups excluding carboxylic acids is 1. The SMILES string of the molecule is CN(Cc1ccccc1Cl)C(=O)CCc1nc2sc3c(c2c(=O)[nH]1)CCC3. The Balaban J connectivity index is 1.44. The van der Waals surface area contributed by atoms with Crippen LogP contribution in [0.25, 0.3) is 10.2 Å². The molecule has 27 heavy (non-hydrogen) atoms. The molecule has 7 heteroatoms. The first-order valence-electron chi connectivity index (χ1n) is 9.03. The van der Waals surface area contributed by atoms with Gasteiger partial charge in [0.1, 0.15) is 10.7 Å². The van der Waals surface area contributed by atoms with Crippen molar-refractivity contribution in [2.45, 2.75) is 38.6 Å². The Kier molecular flexibility index (Phi) is 5.02. The van der Waals surface area contributed by atoms with E-state index < -0.39 is 0 Å². The van der Waals surface area contributed by atoms with Crippen LogP contribution in [0.1, 0.15) is 34.7 Å². The molecule has 0 unspecified atom stereocenters. The minimum atomic E-state index is -0.0775. The van der Waals surface area contributed by atoms with Gasteiger partial charge in [0.25, 0.3) is 5.56 Å². The number of nitrogens with one attached hydrogen (secondary N) is 1. The van der Waals surface area contributed by atoms with Crippen LogP contribution < -0.4 is 5.56 Å². The van der Waals surface area contributed by atoms with Gasteiger partial charge in [-0.15, -0.1) is 11.3 Å². The fourth-order valence-electron chi connectivity index (χ4n) is 3.55. The zero-order valence-corrected chi connectivity index (χ0v) is 16.6. The maximum atomic E-state index is 12.5. The van der Waals surface area contributed by atoms with Crippen molar-refractivity contribution in [3.8, 4) is 0 Å². The Morgan fingerprint density at radius 2 is 2.15 bits per heavy atom. The van der Waals surface area contributed by atoms with Crippen LogP contribution in [0.15, 0.2) is 29.1 Å². The molecule has 0 saturated carbocycles. The van der Waals surface area contributed by atoms with Crippen molar-refractivity contribution in [2.75, 3.05) is 7.05 Å². The monoisotopic (exact) mass is 401 g/mol. The molecule has 0 bridgehead atoms. The molecular weight excluding hydrogens is 382 g/mol. The largest absolute Gasteiger partial charge is 0.341 e. The second-order valence-corrected chi connectivity index (χ2v) is 8.38. The van der Waals surface area contributed by atoms with Gasteiger partial charge in [0.2, 0.25) is 5.91 Å². The number of fused-ring (bicyclic) bond motifs is 3. The maximum Gasteiger partial charge on any atom is 0.259 e. The number of H-pyrrole nitrogens is 1. The molecule has 0 fully saturated rings. The van der Waals surface area contributed by atoms with Gasteiger partial charge >= 0.3 is 0 Å². The third-order valence-electron chi connectivity index (χ3n) is 4.99. The summed E-state index contributed by atoms with van der Waals surface area (Å²) in [5.41, 5.74) is 2.01. The quantitative estimate of drug-likeness (QED) is 0.708. The second kappa shape index (κ2) is 7.44. The molecule has 5 nitrogen and oxygen atoms in total. The predicted molar refractivity (Wildman–Crippen MR) is 109 cm³/mol. The van der Waals surface area contributed by atoms with Gasteiger partial charge in [-0.1, -0.05) is 29.8 Å². The molecule has 0 atom stereocenters. The number of hydrogen-bond acceptors (Lipinski definition) is 4. The third kappa shape index (κ3) is 3.64. The van der Waals surface area contributed by atoms with Crippen LogP contribution in [-0.2, 0) is 30.6 Å². The number of aryl methyl sites for hydroxylation is 3. The van der Waals surface area contributed by atoms with E-state index in [9.17, 15) is 9.59 Å².